The highest BCUT2D eigenvalue weighted by molar-refractivity contribution is 9.10. The van der Waals surface area contributed by atoms with Crippen molar-refractivity contribution in [3.05, 3.63) is 76.1 Å². The number of nitrogens with zero attached hydrogens (tertiary/aromatic N) is 1. The third-order valence-corrected chi connectivity index (χ3v) is 4.71. The van der Waals surface area contributed by atoms with Gasteiger partial charge in [0.05, 0.1) is 10.6 Å². The maximum absolute atomic E-state index is 12.2. The third-order valence-electron chi connectivity index (χ3n) is 3.27. The fourth-order valence-corrected chi connectivity index (χ4v) is 3.23. The first-order valence-electron chi connectivity index (χ1n) is 7.53. The minimum atomic E-state index is -0.167. The number of amidine groups is 1. The summed E-state index contributed by atoms with van der Waals surface area (Å²) in [5, 5.41) is 3.35. The van der Waals surface area contributed by atoms with E-state index in [9.17, 15) is 4.79 Å². The smallest absolute Gasteiger partial charge is 0.264 e. The molecule has 2 aromatic rings. The maximum Gasteiger partial charge on any atom is 0.264 e. The highest BCUT2D eigenvalue weighted by atomic mass is 79.9. The van der Waals surface area contributed by atoms with Crippen molar-refractivity contribution >= 4 is 50.5 Å². The van der Waals surface area contributed by atoms with Gasteiger partial charge in [-0.25, -0.2) is 4.99 Å². The SMILES string of the molecule is C=CCOc1ccccc1/C=C1\SC(=Nc2ccc(Br)cc2)NC1=O. The van der Waals surface area contributed by atoms with E-state index < -0.39 is 0 Å². The molecule has 1 amide bonds. The van der Waals surface area contributed by atoms with Crippen molar-refractivity contribution in [3.8, 4) is 5.75 Å². The van der Waals surface area contributed by atoms with Gasteiger partial charge in [-0.3, -0.25) is 4.79 Å². The Kier molecular flexibility index (Phi) is 5.73. The predicted molar refractivity (Wildman–Crippen MR) is 107 cm³/mol. The summed E-state index contributed by atoms with van der Waals surface area (Å²) >= 11 is 4.70. The van der Waals surface area contributed by atoms with Gasteiger partial charge in [0.1, 0.15) is 12.4 Å². The molecule has 126 valence electrons. The number of para-hydroxylation sites is 1. The number of rotatable bonds is 5. The van der Waals surface area contributed by atoms with E-state index in [0.717, 1.165) is 15.7 Å². The number of thioether (sulfide) groups is 1. The maximum atomic E-state index is 12.2. The number of amides is 1. The number of hydrogen-bond acceptors (Lipinski definition) is 4. The van der Waals surface area contributed by atoms with Crippen LogP contribution in [0.4, 0.5) is 5.69 Å². The first-order chi connectivity index (χ1) is 12.2. The second-order valence-corrected chi connectivity index (χ2v) is 7.04. The van der Waals surface area contributed by atoms with Crippen molar-refractivity contribution in [1.29, 1.82) is 0 Å². The molecular formula is C19H15BrN2O2S. The van der Waals surface area contributed by atoms with Gasteiger partial charge in [-0.05, 0) is 48.2 Å². The Balaban J connectivity index is 1.82. The average Bonchev–Trinajstić information content (AvgIpc) is 2.95. The Hall–Kier alpha value is -2.31. The highest BCUT2D eigenvalue weighted by Gasteiger charge is 2.24. The number of halogens is 1. The molecule has 0 bridgehead atoms. The predicted octanol–water partition coefficient (Wildman–Crippen LogP) is 4.91. The summed E-state index contributed by atoms with van der Waals surface area (Å²) in [5.74, 6) is 0.543. The van der Waals surface area contributed by atoms with Crippen LogP contribution in [0.3, 0.4) is 0 Å². The van der Waals surface area contributed by atoms with E-state index in [0.29, 0.717) is 22.4 Å². The molecule has 1 saturated heterocycles. The van der Waals surface area contributed by atoms with Crippen LogP contribution in [0.15, 0.2) is 75.6 Å². The summed E-state index contributed by atoms with van der Waals surface area (Å²) < 4.78 is 6.61. The number of hydrogen-bond donors (Lipinski definition) is 1. The zero-order chi connectivity index (χ0) is 17.6. The van der Waals surface area contributed by atoms with E-state index in [1.54, 1.807) is 6.08 Å². The highest BCUT2D eigenvalue weighted by Crippen LogP contribution is 2.30. The summed E-state index contributed by atoms with van der Waals surface area (Å²) in [7, 11) is 0. The molecule has 1 aliphatic rings. The fraction of sp³-hybridized carbons (Fsp3) is 0.0526. The molecule has 0 atom stereocenters. The number of benzene rings is 2. The van der Waals surface area contributed by atoms with Gasteiger partial charge in [-0.15, -0.1) is 0 Å². The zero-order valence-corrected chi connectivity index (χ0v) is 15.6. The summed E-state index contributed by atoms with van der Waals surface area (Å²) in [4.78, 5) is 17.2. The van der Waals surface area contributed by atoms with Gasteiger partial charge < -0.3 is 10.1 Å². The third kappa shape index (κ3) is 4.61. The van der Waals surface area contributed by atoms with Gasteiger partial charge in [0.15, 0.2) is 5.17 Å². The van der Waals surface area contributed by atoms with Crippen molar-refractivity contribution in [3.63, 3.8) is 0 Å². The van der Waals surface area contributed by atoms with Crippen molar-refractivity contribution in [2.45, 2.75) is 0 Å². The minimum absolute atomic E-state index is 0.167. The van der Waals surface area contributed by atoms with E-state index in [2.05, 4.69) is 32.8 Å². The molecule has 0 spiro atoms. The van der Waals surface area contributed by atoms with E-state index in [1.807, 2.05) is 54.6 Å². The van der Waals surface area contributed by atoms with Gasteiger partial charge in [-0.2, -0.15) is 0 Å². The molecule has 0 aliphatic carbocycles. The molecule has 3 rings (SSSR count). The normalized spacial score (nSPS) is 16.9. The number of carbonyl (C=O) groups excluding carboxylic acids is 1. The van der Waals surface area contributed by atoms with E-state index in [4.69, 9.17) is 4.74 Å². The Morgan fingerprint density at radius 1 is 1.20 bits per heavy atom. The summed E-state index contributed by atoms with van der Waals surface area (Å²) in [5.41, 5.74) is 1.62. The van der Waals surface area contributed by atoms with Gasteiger partial charge in [0.2, 0.25) is 0 Å². The van der Waals surface area contributed by atoms with Crippen LogP contribution in [0.5, 0.6) is 5.75 Å². The number of carbonyl (C=O) groups is 1. The Morgan fingerprint density at radius 2 is 1.96 bits per heavy atom. The molecule has 1 heterocycles. The van der Waals surface area contributed by atoms with Gasteiger partial charge in [-0.1, -0.05) is 46.8 Å². The lowest BCUT2D eigenvalue weighted by Gasteiger charge is -2.06. The standard InChI is InChI=1S/C19H15BrN2O2S/c1-2-11-24-16-6-4-3-5-13(16)12-17-18(23)22-19(25-17)21-15-9-7-14(20)8-10-15/h2-10,12H,1,11H2,(H,21,22,23)/b17-12-. The summed E-state index contributed by atoms with van der Waals surface area (Å²) in [6, 6.07) is 15.1. The van der Waals surface area contributed by atoms with Crippen LogP contribution in [0, 0.1) is 0 Å². The van der Waals surface area contributed by atoms with Gasteiger partial charge in [0, 0.05) is 10.0 Å². The lowest BCUT2D eigenvalue weighted by atomic mass is 10.2. The lowest BCUT2D eigenvalue weighted by molar-refractivity contribution is -0.115. The van der Waals surface area contributed by atoms with Crippen molar-refractivity contribution in [2.75, 3.05) is 6.61 Å². The first-order valence-corrected chi connectivity index (χ1v) is 9.14. The van der Waals surface area contributed by atoms with Gasteiger partial charge in [0.25, 0.3) is 5.91 Å². The van der Waals surface area contributed by atoms with Crippen molar-refractivity contribution in [2.24, 2.45) is 4.99 Å². The molecule has 0 aromatic heterocycles. The van der Waals surface area contributed by atoms with E-state index in [1.165, 1.54) is 11.8 Å². The van der Waals surface area contributed by atoms with Gasteiger partial charge >= 0.3 is 0 Å². The quantitative estimate of drug-likeness (QED) is 0.558. The molecule has 0 radical (unpaired) electrons. The fourth-order valence-electron chi connectivity index (χ4n) is 2.13. The molecular weight excluding hydrogens is 400 g/mol. The number of aliphatic imine (C=N–C) groups is 1. The Morgan fingerprint density at radius 3 is 2.72 bits per heavy atom. The van der Waals surface area contributed by atoms with Crippen LogP contribution in [0.25, 0.3) is 6.08 Å². The summed E-state index contributed by atoms with van der Waals surface area (Å²) in [6.45, 7) is 4.06. The van der Waals surface area contributed by atoms with Crippen LogP contribution in [0.2, 0.25) is 0 Å². The first kappa shape index (κ1) is 17.5. The van der Waals surface area contributed by atoms with Crippen LogP contribution < -0.4 is 10.1 Å². The van der Waals surface area contributed by atoms with Crippen LogP contribution >= 0.6 is 27.7 Å². The Bertz CT molecular complexity index is 860. The molecule has 4 nitrogen and oxygen atoms in total. The number of nitrogens with one attached hydrogen (secondary N) is 1. The molecule has 6 heteroatoms. The lowest BCUT2D eigenvalue weighted by Crippen LogP contribution is -2.19. The molecule has 0 saturated carbocycles. The second kappa shape index (κ2) is 8.18. The molecule has 1 N–H and O–H groups in total. The van der Waals surface area contributed by atoms with Crippen LogP contribution in [0.1, 0.15) is 5.56 Å². The molecule has 1 fully saturated rings. The summed E-state index contributed by atoms with van der Waals surface area (Å²) in [6.07, 6.45) is 3.49. The monoisotopic (exact) mass is 414 g/mol. The molecule has 2 aromatic carbocycles. The molecule has 1 aliphatic heterocycles. The topological polar surface area (TPSA) is 50.7 Å². The van der Waals surface area contributed by atoms with E-state index in [-0.39, 0.29) is 5.91 Å². The van der Waals surface area contributed by atoms with Crippen LogP contribution in [-0.4, -0.2) is 17.7 Å². The zero-order valence-electron chi connectivity index (χ0n) is 13.2. The molecule has 25 heavy (non-hydrogen) atoms. The van der Waals surface area contributed by atoms with Crippen molar-refractivity contribution < 1.29 is 9.53 Å². The van der Waals surface area contributed by atoms with E-state index >= 15 is 0 Å². The Labute approximate surface area is 158 Å². The number of ether oxygens (including phenoxy) is 1. The largest absolute Gasteiger partial charge is 0.489 e. The van der Waals surface area contributed by atoms with Crippen molar-refractivity contribution in [1.82, 2.24) is 5.32 Å². The average molecular weight is 415 g/mol. The molecule has 0 unspecified atom stereocenters. The second-order valence-electron chi connectivity index (χ2n) is 5.10. The van der Waals surface area contributed by atoms with Crippen LogP contribution in [-0.2, 0) is 4.79 Å². The minimum Gasteiger partial charge on any atom is -0.489 e.